The molecule has 0 aromatic rings. The first-order valence-electron chi connectivity index (χ1n) is 28.0. The molecule has 0 fully saturated rings. The zero-order valence-electron chi connectivity index (χ0n) is 41.3. The Morgan fingerprint density at radius 1 is 0.193 bits per heavy atom. The zero-order chi connectivity index (χ0) is 41.4. The molecule has 344 valence electrons. The topological polar surface area (TPSA) is 3.24 Å². The molecule has 0 rings (SSSR count). The van der Waals surface area contributed by atoms with E-state index in [0.717, 1.165) is 0 Å². The fourth-order valence-corrected chi connectivity index (χ4v) is 10.1. The molecule has 1 heteroatoms. The molecule has 57 heavy (non-hydrogen) atoms. The molecule has 0 unspecified atom stereocenters. The van der Waals surface area contributed by atoms with Gasteiger partial charge < -0.3 is 0 Å². The standard InChI is InChI=1S/C56H115N/c1-6-11-14-17-20-22-24-26-28-30-32-34-36-38-40-43-46-49-52-56(57(54-9-4)55-10-5,51-48-45-42-19-16-13-8-3)53-50-47-44-41-39-37-35-33-31-29-27-25-23-21-18-15-12-7-2/h6-55H2,1-5H3. The van der Waals surface area contributed by atoms with E-state index in [1.807, 2.05) is 0 Å². The van der Waals surface area contributed by atoms with Gasteiger partial charge >= 0.3 is 0 Å². The van der Waals surface area contributed by atoms with Gasteiger partial charge in [0.25, 0.3) is 0 Å². The lowest BCUT2D eigenvalue weighted by Crippen LogP contribution is -2.49. The van der Waals surface area contributed by atoms with E-state index in [0.29, 0.717) is 5.54 Å². The lowest BCUT2D eigenvalue weighted by Gasteiger charge is -2.45. The van der Waals surface area contributed by atoms with Gasteiger partial charge in [0.05, 0.1) is 0 Å². The molecule has 0 aliphatic carbocycles. The van der Waals surface area contributed by atoms with Gasteiger partial charge in [0.2, 0.25) is 0 Å². The van der Waals surface area contributed by atoms with Crippen LogP contribution < -0.4 is 0 Å². The molecule has 0 N–H and O–H groups in total. The maximum Gasteiger partial charge on any atom is 0.0209 e. The van der Waals surface area contributed by atoms with Crippen molar-refractivity contribution in [3.63, 3.8) is 0 Å². The first-order chi connectivity index (χ1) is 28.2. The van der Waals surface area contributed by atoms with Crippen LogP contribution in [0.2, 0.25) is 0 Å². The molecule has 0 aliphatic rings. The minimum atomic E-state index is 0.472. The minimum absolute atomic E-state index is 0.472. The lowest BCUT2D eigenvalue weighted by atomic mass is 9.79. The van der Waals surface area contributed by atoms with Crippen LogP contribution in [-0.2, 0) is 0 Å². The molecule has 0 saturated carbocycles. The fraction of sp³-hybridized carbons (Fsp3) is 1.00. The highest BCUT2D eigenvalue weighted by Crippen LogP contribution is 2.36. The summed E-state index contributed by atoms with van der Waals surface area (Å²) in [4.78, 5) is 3.05. The molecule has 0 amide bonds. The summed E-state index contributed by atoms with van der Waals surface area (Å²) in [6.45, 7) is 14.5. The normalized spacial score (nSPS) is 12.1. The molecule has 0 saturated heterocycles. The Hall–Kier alpha value is -0.0400. The van der Waals surface area contributed by atoms with E-state index in [4.69, 9.17) is 0 Å². The highest BCUT2D eigenvalue weighted by Gasteiger charge is 2.34. The number of hydrogen-bond donors (Lipinski definition) is 0. The summed E-state index contributed by atoms with van der Waals surface area (Å²) in [6, 6.07) is 0. The third-order valence-corrected chi connectivity index (χ3v) is 13.9. The van der Waals surface area contributed by atoms with E-state index in [2.05, 4.69) is 39.5 Å². The van der Waals surface area contributed by atoms with Crippen LogP contribution in [0.15, 0.2) is 0 Å². The van der Waals surface area contributed by atoms with Crippen molar-refractivity contribution in [3.8, 4) is 0 Å². The van der Waals surface area contributed by atoms with Crippen LogP contribution in [0, 0.1) is 0 Å². The molecule has 1 nitrogen and oxygen atoms in total. The number of unbranched alkanes of at least 4 members (excludes halogenated alkanes) is 40. The van der Waals surface area contributed by atoms with Crippen molar-refractivity contribution in [3.05, 3.63) is 0 Å². The van der Waals surface area contributed by atoms with Crippen molar-refractivity contribution >= 4 is 0 Å². The van der Waals surface area contributed by atoms with Crippen molar-refractivity contribution in [2.45, 2.75) is 348 Å². The van der Waals surface area contributed by atoms with Crippen LogP contribution >= 0.6 is 0 Å². The zero-order valence-corrected chi connectivity index (χ0v) is 41.3. The summed E-state index contributed by atoms with van der Waals surface area (Å²) < 4.78 is 0. The Morgan fingerprint density at radius 2 is 0.351 bits per heavy atom. The maximum atomic E-state index is 3.05. The van der Waals surface area contributed by atoms with E-state index < -0.39 is 0 Å². The molecule has 0 aliphatic heterocycles. The molecule has 0 bridgehead atoms. The van der Waals surface area contributed by atoms with Crippen LogP contribution in [0.4, 0.5) is 0 Å². The third kappa shape index (κ3) is 39.8. The number of nitrogens with zero attached hydrogens (tertiary/aromatic N) is 1. The van der Waals surface area contributed by atoms with E-state index >= 15 is 0 Å². The summed E-state index contributed by atoms with van der Waals surface area (Å²) >= 11 is 0. The average molecular weight is 803 g/mol. The first-order valence-corrected chi connectivity index (χ1v) is 28.0. The minimum Gasteiger partial charge on any atom is -0.298 e. The van der Waals surface area contributed by atoms with E-state index in [1.54, 1.807) is 0 Å². The van der Waals surface area contributed by atoms with Crippen LogP contribution in [0.3, 0.4) is 0 Å². The predicted molar refractivity (Wildman–Crippen MR) is 264 cm³/mol. The van der Waals surface area contributed by atoms with Gasteiger partial charge in [-0.15, -0.1) is 0 Å². The Labute approximate surface area is 365 Å². The Kier molecular flexibility index (Phi) is 48.6. The van der Waals surface area contributed by atoms with Crippen molar-refractivity contribution in [1.29, 1.82) is 0 Å². The number of rotatable bonds is 51. The SMILES string of the molecule is CCCCCCCCCCCCCCCCCCCCC(CCCCCCCCC)(CCCCCCCCCCCCCCCCCCCC)N(CCC)CCC. The quantitative estimate of drug-likeness (QED) is 0.0554. The molecule has 0 atom stereocenters. The van der Waals surface area contributed by atoms with Gasteiger partial charge in [0, 0.05) is 5.54 Å². The van der Waals surface area contributed by atoms with Crippen molar-refractivity contribution in [1.82, 2.24) is 4.90 Å². The second kappa shape index (κ2) is 48.6. The molecule has 0 heterocycles. The summed E-state index contributed by atoms with van der Waals surface area (Å²) in [7, 11) is 0. The molecule has 0 aromatic heterocycles. The number of hydrogen-bond acceptors (Lipinski definition) is 1. The lowest BCUT2D eigenvalue weighted by molar-refractivity contribution is 0.0521. The largest absolute Gasteiger partial charge is 0.298 e. The summed E-state index contributed by atoms with van der Waals surface area (Å²) in [5, 5.41) is 0. The monoisotopic (exact) mass is 802 g/mol. The van der Waals surface area contributed by atoms with Crippen molar-refractivity contribution < 1.29 is 0 Å². The Bertz CT molecular complexity index is 653. The van der Waals surface area contributed by atoms with Crippen LogP contribution in [0.25, 0.3) is 0 Å². The van der Waals surface area contributed by atoms with Gasteiger partial charge in [0.15, 0.2) is 0 Å². The average Bonchev–Trinajstić information content (AvgIpc) is 3.22. The van der Waals surface area contributed by atoms with E-state index in [9.17, 15) is 0 Å². The first kappa shape index (κ1) is 57.0. The fourth-order valence-electron chi connectivity index (χ4n) is 10.1. The van der Waals surface area contributed by atoms with Gasteiger partial charge in [-0.25, -0.2) is 0 Å². The molecular weight excluding hydrogens is 687 g/mol. The van der Waals surface area contributed by atoms with E-state index in [1.165, 1.54) is 321 Å². The van der Waals surface area contributed by atoms with Gasteiger partial charge in [-0.3, -0.25) is 4.90 Å². The summed E-state index contributed by atoms with van der Waals surface area (Å²) in [5.41, 5.74) is 0.472. The molecular formula is C56H115N. The van der Waals surface area contributed by atoms with E-state index in [-0.39, 0.29) is 0 Å². The highest BCUT2D eigenvalue weighted by atomic mass is 15.2. The predicted octanol–water partition coefficient (Wildman–Crippen LogP) is 20.9. The third-order valence-electron chi connectivity index (χ3n) is 13.9. The summed E-state index contributed by atoms with van der Waals surface area (Å²) in [5.74, 6) is 0. The van der Waals surface area contributed by atoms with Gasteiger partial charge in [0.1, 0.15) is 0 Å². The van der Waals surface area contributed by atoms with Gasteiger partial charge in [-0.05, 0) is 45.2 Å². The Balaban J connectivity index is 4.53. The van der Waals surface area contributed by atoms with Crippen LogP contribution in [0.5, 0.6) is 0 Å². The Morgan fingerprint density at radius 3 is 0.509 bits per heavy atom. The molecule has 0 aromatic carbocycles. The smallest absolute Gasteiger partial charge is 0.0209 e. The molecule has 0 radical (unpaired) electrons. The molecule has 0 spiro atoms. The van der Waals surface area contributed by atoms with Crippen LogP contribution in [-0.4, -0.2) is 23.5 Å². The van der Waals surface area contributed by atoms with Crippen molar-refractivity contribution in [2.75, 3.05) is 13.1 Å². The van der Waals surface area contributed by atoms with Gasteiger partial charge in [-0.2, -0.15) is 0 Å². The second-order valence-electron chi connectivity index (χ2n) is 19.6. The van der Waals surface area contributed by atoms with Crippen molar-refractivity contribution in [2.24, 2.45) is 0 Å². The van der Waals surface area contributed by atoms with Crippen LogP contribution in [0.1, 0.15) is 343 Å². The summed E-state index contributed by atoms with van der Waals surface area (Å²) in [6.07, 6.45) is 70.2. The highest BCUT2D eigenvalue weighted by molar-refractivity contribution is 4.91. The van der Waals surface area contributed by atoms with Gasteiger partial charge in [-0.1, -0.05) is 311 Å². The second-order valence-corrected chi connectivity index (χ2v) is 19.6. The maximum absolute atomic E-state index is 3.05.